The number of hydrogen-bond donors (Lipinski definition) is 5. The third kappa shape index (κ3) is 8.62. The van der Waals surface area contributed by atoms with E-state index < -0.39 is 70.4 Å². The molecule has 2 aliphatic rings. The van der Waals surface area contributed by atoms with Crippen molar-refractivity contribution in [1.29, 1.82) is 0 Å². The molecule has 0 aromatic carbocycles. The molecule has 34 heavy (non-hydrogen) atoms. The molecule has 1 aliphatic carbocycles. The van der Waals surface area contributed by atoms with Crippen molar-refractivity contribution in [2.24, 2.45) is 11.8 Å². The Bertz CT molecular complexity index is 845. The Morgan fingerprint density at radius 3 is 2.32 bits per heavy atom. The fraction of sp³-hybridized carbons (Fsp3) is 0.850. The van der Waals surface area contributed by atoms with Crippen molar-refractivity contribution in [3.63, 3.8) is 0 Å². The zero-order valence-electron chi connectivity index (χ0n) is 19.1. The normalized spacial score (nSPS) is 23.6. The van der Waals surface area contributed by atoms with Gasteiger partial charge in [-0.3, -0.25) is 14.1 Å². The van der Waals surface area contributed by atoms with Crippen molar-refractivity contribution in [2.75, 3.05) is 6.54 Å². The monoisotopic (exact) mass is 513 g/mol. The van der Waals surface area contributed by atoms with Crippen LogP contribution >= 0.6 is 0 Å². The molecule has 14 heteroatoms. The molecule has 1 saturated carbocycles. The van der Waals surface area contributed by atoms with Gasteiger partial charge in [-0.05, 0) is 38.0 Å². The first-order valence-corrected chi connectivity index (χ1v) is 12.8. The molecule has 0 bridgehead atoms. The van der Waals surface area contributed by atoms with Gasteiger partial charge in [-0.1, -0.05) is 13.8 Å². The highest BCUT2D eigenvalue weighted by Crippen LogP contribution is 2.34. The fourth-order valence-electron chi connectivity index (χ4n) is 4.08. The van der Waals surface area contributed by atoms with Crippen LogP contribution in [0.25, 0.3) is 0 Å². The van der Waals surface area contributed by atoms with Crippen LogP contribution in [0.2, 0.25) is 0 Å². The molecule has 196 valence electrons. The van der Waals surface area contributed by atoms with Crippen LogP contribution in [-0.2, 0) is 24.4 Å². The lowest BCUT2D eigenvalue weighted by Crippen LogP contribution is -2.55. The van der Waals surface area contributed by atoms with Crippen LogP contribution in [0, 0.1) is 11.8 Å². The smallest absolute Gasteiger partial charge is 0.408 e. The molecule has 2 unspecified atom stereocenters. The van der Waals surface area contributed by atoms with Crippen molar-refractivity contribution in [3.8, 4) is 0 Å². The minimum atomic E-state index is -4.97. The molecule has 2 rings (SSSR count). The Hall–Kier alpha value is -2.06. The Labute approximate surface area is 197 Å². The number of rotatable bonds is 10. The predicted molar refractivity (Wildman–Crippen MR) is 115 cm³/mol. The molecule has 1 aliphatic heterocycles. The topological polar surface area (TPSA) is 171 Å². The third-order valence-electron chi connectivity index (χ3n) is 5.93. The number of ether oxygens (including phenoxy) is 1. The number of alkyl carbamates (subject to hydrolysis) is 1. The fourth-order valence-corrected chi connectivity index (χ4v) is 4.67. The van der Waals surface area contributed by atoms with E-state index in [2.05, 4.69) is 16.0 Å². The summed E-state index contributed by atoms with van der Waals surface area (Å²) in [6, 6.07) is -2.73. The van der Waals surface area contributed by atoms with E-state index in [1.54, 1.807) is 13.8 Å². The summed E-state index contributed by atoms with van der Waals surface area (Å²) in [5.41, 5.74) is -2.39. The predicted octanol–water partition coefficient (Wildman–Crippen LogP) is 0.922. The van der Waals surface area contributed by atoms with Gasteiger partial charge in [0.2, 0.25) is 23.2 Å². The van der Waals surface area contributed by atoms with Crippen molar-refractivity contribution in [3.05, 3.63) is 0 Å². The van der Waals surface area contributed by atoms with Crippen molar-refractivity contribution < 1.29 is 46.0 Å². The highest BCUT2D eigenvalue weighted by molar-refractivity contribution is 7.86. The Morgan fingerprint density at radius 2 is 1.82 bits per heavy atom. The SMILES string of the molecule is CC(C)C[C@@H](NC(=O)OC1CCC(F)(F)CC1)C(=O)N[C@H](CC1CCNC1=O)C(O)S(=O)(=O)O. The lowest BCUT2D eigenvalue weighted by Gasteiger charge is -2.29. The minimum absolute atomic E-state index is 0.0203. The molecule has 0 radical (unpaired) electrons. The summed E-state index contributed by atoms with van der Waals surface area (Å²) in [5.74, 6) is -4.81. The summed E-state index contributed by atoms with van der Waals surface area (Å²) in [7, 11) is -4.97. The maximum atomic E-state index is 13.3. The molecule has 3 amide bonds. The molecule has 4 atom stereocenters. The van der Waals surface area contributed by atoms with Crippen LogP contribution in [-0.4, -0.2) is 72.1 Å². The summed E-state index contributed by atoms with van der Waals surface area (Å²) < 4.78 is 64.1. The quantitative estimate of drug-likeness (QED) is 0.268. The van der Waals surface area contributed by atoms with Gasteiger partial charge >= 0.3 is 6.09 Å². The maximum Gasteiger partial charge on any atom is 0.408 e. The summed E-state index contributed by atoms with van der Waals surface area (Å²) in [4.78, 5) is 37.1. The van der Waals surface area contributed by atoms with E-state index >= 15 is 0 Å². The number of aliphatic hydroxyl groups excluding tert-OH is 1. The number of alkyl halides is 2. The van der Waals surface area contributed by atoms with E-state index in [0.29, 0.717) is 13.0 Å². The van der Waals surface area contributed by atoms with Crippen LogP contribution in [0.4, 0.5) is 13.6 Å². The van der Waals surface area contributed by atoms with E-state index in [9.17, 15) is 41.2 Å². The molecule has 1 saturated heterocycles. The average Bonchev–Trinajstić information content (AvgIpc) is 3.11. The van der Waals surface area contributed by atoms with E-state index in [4.69, 9.17) is 4.74 Å². The van der Waals surface area contributed by atoms with Crippen molar-refractivity contribution in [2.45, 2.75) is 88.3 Å². The molecule has 0 spiro atoms. The number of nitrogens with one attached hydrogen (secondary N) is 3. The number of halogens is 2. The highest BCUT2D eigenvalue weighted by Gasteiger charge is 2.39. The van der Waals surface area contributed by atoms with Crippen molar-refractivity contribution in [1.82, 2.24) is 16.0 Å². The maximum absolute atomic E-state index is 13.3. The van der Waals surface area contributed by atoms with Gasteiger partial charge in [0.1, 0.15) is 12.1 Å². The lowest BCUT2D eigenvalue weighted by atomic mass is 9.94. The van der Waals surface area contributed by atoms with E-state index in [-0.39, 0.29) is 37.5 Å². The second-order valence-electron chi connectivity index (χ2n) is 9.32. The molecular formula is C20H33F2N3O8S. The minimum Gasteiger partial charge on any atom is -0.446 e. The van der Waals surface area contributed by atoms with E-state index in [1.165, 1.54) is 0 Å². The van der Waals surface area contributed by atoms with E-state index in [0.717, 1.165) is 0 Å². The van der Waals surface area contributed by atoms with E-state index in [1.807, 2.05) is 0 Å². The van der Waals surface area contributed by atoms with Crippen molar-refractivity contribution >= 4 is 28.0 Å². The molecule has 0 aromatic heterocycles. The number of hydrogen-bond acceptors (Lipinski definition) is 7. The van der Waals surface area contributed by atoms with Crippen LogP contribution in [0.1, 0.15) is 58.8 Å². The van der Waals surface area contributed by atoms with Gasteiger partial charge in [0.05, 0.1) is 6.04 Å². The summed E-state index contributed by atoms with van der Waals surface area (Å²) in [6.07, 6.45) is -2.37. The van der Waals surface area contributed by atoms with Gasteiger partial charge in [0.25, 0.3) is 10.1 Å². The second kappa shape index (κ2) is 11.6. The summed E-state index contributed by atoms with van der Waals surface area (Å²) in [6.45, 7) is 3.89. The van der Waals surface area contributed by atoms with Gasteiger partial charge < -0.3 is 25.8 Å². The Kier molecular flexibility index (Phi) is 9.60. The molecule has 1 heterocycles. The number of carbonyl (C=O) groups excluding carboxylic acids is 3. The Morgan fingerprint density at radius 1 is 1.21 bits per heavy atom. The molecule has 5 N–H and O–H groups in total. The summed E-state index contributed by atoms with van der Waals surface area (Å²) >= 11 is 0. The van der Waals surface area contributed by atoms with Gasteiger partial charge in [-0.2, -0.15) is 8.42 Å². The average molecular weight is 514 g/mol. The first-order valence-electron chi connectivity index (χ1n) is 11.3. The summed E-state index contributed by atoms with van der Waals surface area (Å²) in [5, 5.41) is 17.3. The number of aliphatic hydroxyl groups is 1. The number of carbonyl (C=O) groups is 3. The van der Waals surface area contributed by atoms with Gasteiger partial charge in [-0.25, -0.2) is 13.6 Å². The van der Waals surface area contributed by atoms with Gasteiger partial charge in [-0.15, -0.1) is 0 Å². The molecule has 2 fully saturated rings. The van der Waals surface area contributed by atoms with Crippen LogP contribution in [0.15, 0.2) is 0 Å². The van der Waals surface area contributed by atoms with Gasteiger partial charge in [0.15, 0.2) is 0 Å². The first-order chi connectivity index (χ1) is 15.7. The molecule has 11 nitrogen and oxygen atoms in total. The second-order valence-corrected chi connectivity index (χ2v) is 10.8. The number of amides is 3. The lowest BCUT2D eigenvalue weighted by molar-refractivity contribution is -0.126. The van der Waals surface area contributed by atoms with Crippen LogP contribution in [0.3, 0.4) is 0 Å². The van der Waals surface area contributed by atoms with Crippen LogP contribution < -0.4 is 16.0 Å². The Balaban J connectivity index is 2.06. The van der Waals surface area contributed by atoms with Gasteiger partial charge in [0, 0.05) is 25.3 Å². The zero-order valence-corrected chi connectivity index (χ0v) is 19.9. The highest BCUT2D eigenvalue weighted by atomic mass is 32.2. The standard InChI is InChI=1S/C20H33F2N3O8S/c1-11(2)9-14(25-19(29)33-13-3-6-20(21,22)7-4-13)17(27)24-15(18(28)34(30,31)32)10-12-5-8-23-16(12)26/h11-15,18,28H,3-10H2,1-2H3,(H,23,26)(H,24,27)(H,25,29)(H,30,31,32)/t12?,14-,15-,18?/m1/s1. The third-order valence-corrected chi connectivity index (χ3v) is 6.87. The molecular weight excluding hydrogens is 480 g/mol. The first kappa shape index (κ1) is 28.2. The van der Waals surface area contributed by atoms with Crippen LogP contribution in [0.5, 0.6) is 0 Å². The largest absolute Gasteiger partial charge is 0.446 e. The molecule has 0 aromatic rings. The zero-order chi connectivity index (χ0) is 25.7.